The summed E-state index contributed by atoms with van der Waals surface area (Å²) in [5.41, 5.74) is 0.860. The molecule has 7 nitrogen and oxygen atoms in total. The van der Waals surface area contributed by atoms with Gasteiger partial charge in [0.25, 0.3) is 0 Å². The van der Waals surface area contributed by atoms with E-state index < -0.39 is 23.9 Å². The fourth-order valence-corrected chi connectivity index (χ4v) is 1.49. The number of urea groups is 1. The largest absolute Gasteiger partial charge is 0.480 e. The highest BCUT2D eigenvalue weighted by molar-refractivity contribution is 6.30. The lowest BCUT2D eigenvalue weighted by Crippen LogP contribution is -2.46. The van der Waals surface area contributed by atoms with E-state index in [1.54, 1.807) is 24.3 Å². The summed E-state index contributed by atoms with van der Waals surface area (Å²) in [6.07, 6.45) is 0. The quantitative estimate of drug-likeness (QED) is 0.621. The van der Waals surface area contributed by atoms with Crippen molar-refractivity contribution in [3.63, 3.8) is 0 Å². The van der Waals surface area contributed by atoms with E-state index in [0.717, 1.165) is 5.56 Å². The van der Waals surface area contributed by atoms with E-state index in [-0.39, 0.29) is 13.1 Å². The molecule has 0 aliphatic carbocycles. The molecule has 3 amide bonds. The third kappa shape index (κ3) is 6.62. The van der Waals surface area contributed by atoms with Gasteiger partial charge in [-0.2, -0.15) is 0 Å². The molecule has 1 aromatic carbocycles. The first-order valence-corrected chi connectivity index (χ1v) is 6.54. The van der Waals surface area contributed by atoms with Gasteiger partial charge < -0.3 is 21.1 Å². The molecular formula is C13H16ClN3O4. The molecule has 0 saturated heterocycles. The molecule has 1 atom stereocenters. The van der Waals surface area contributed by atoms with E-state index in [1.807, 2.05) is 0 Å². The molecule has 8 heteroatoms. The fourth-order valence-electron chi connectivity index (χ4n) is 1.36. The number of carbonyl (C=O) groups is 3. The second kappa shape index (κ2) is 8.11. The Kier molecular flexibility index (Phi) is 6.48. The molecule has 21 heavy (non-hydrogen) atoms. The summed E-state index contributed by atoms with van der Waals surface area (Å²) >= 11 is 5.74. The SMILES string of the molecule is C[C@@H](NC(=O)CNC(=O)NCc1ccc(Cl)cc1)C(=O)O. The first kappa shape index (κ1) is 16.8. The van der Waals surface area contributed by atoms with Crippen LogP contribution >= 0.6 is 11.6 Å². The molecule has 0 aliphatic heterocycles. The molecule has 0 aliphatic rings. The number of rotatable bonds is 6. The molecule has 0 fully saturated rings. The van der Waals surface area contributed by atoms with Gasteiger partial charge in [-0.3, -0.25) is 9.59 Å². The Hall–Kier alpha value is -2.28. The van der Waals surface area contributed by atoms with E-state index in [1.165, 1.54) is 6.92 Å². The highest BCUT2D eigenvalue weighted by Gasteiger charge is 2.14. The van der Waals surface area contributed by atoms with Crippen LogP contribution in [-0.4, -0.2) is 35.6 Å². The number of benzene rings is 1. The first-order chi connectivity index (χ1) is 9.88. The normalized spacial score (nSPS) is 11.3. The average molecular weight is 314 g/mol. The molecule has 0 spiro atoms. The van der Waals surface area contributed by atoms with E-state index in [0.29, 0.717) is 5.02 Å². The van der Waals surface area contributed by atoms with Crippen LogP contribution in [0.2, 0.25) is 5.02 Å². The highest BCUT2D eigenvalue weighted by Crippen LogP contribution is 2.08. The van der Waals surface area contributed by atoms with Crippen LogP contribution in [0.4, 0.5) is 4.79 Å². The van der Waals surface area contributed by atoms with E-state index in [2.05, 4.69) is 16.0 Å². The second-order valence-corrected chi connectivity index (χ2v) is 4.73. The molecule has 0 heterocycles. The zero-order chi connectivity index (χ0) is 15.8. The van der Waals surface area contributed by atoms with Crippen molar-refractivity contribution in [2.45, 2.75) is 19.5 Å². The first-order valence-electron chi connectivity index (χ1n) is 6.17. The number of hydrogen-bond donors (Lipinski definition) is 4. The monoisotopic (exact) mass is 313 g/mol. The minimum atomic E-state index is -1.14. The number of aliphatic carboxylic acids is 1. The molecule has 0 unspecified atom stereocenters. The van der Waals surface area contributed by atoms with Gasteiger partial charge in [-0.1, -0.05) is 23.7 Å². The maximum atomic E-state index is 11.5. The number of halogens is 1. The van der Waals surface area contributed by atoms with E-state index >= 15 is 0 Å². The number of nitrogens with one attached hydrogen (secondary N) is 3. The van der Waals surface area contributed by atoms with Crippen molar-refractivity contribution in [2.24, 2.45) is 0 Å². The smallest absolute Gasteiger partial charge is 0.325 e. The summed E-state index contributed by atoms with van der Waals surface area (Å²) in [7, 11) is 0. The zero-order valence-corrected chi connectivity index (χ0v) is 12.1. The van der Waals surface area contributed by atoms with E-state index in [9.17, 15) is 14.4 Å². The van der Waals surface area contributed by atoms with Crippen LogP contribution in [0.15, 0.2) is 24.3 Å². The van der Waals surface area contributed by atoms with Gasteiger partial charge in [0.05, 0.1) is 6.54 Å². The molecule has 0 radical (unpaired) electrons. The van der Waals surface area contributed by atoms with Gasteiger partial charge in [0.2, 0.25) is 5.91 Å². The molecule has 4 N–H and O–H groups in total. The van der Waals surface area contributed by atoms with Crippen molar-refractivity contribution in [3.8, 4) is 0 Å². The Balaban J connectivity index is 2.26. The lowest BCUT2D eigenvalue weighted by atomic mass is 10.2. The van der Waals surface area contributed by atoms with Gasteiger partial charge in [-0.05, 0) is 24.6 Å². The van der Waals surface area contributed by atoms with Crippen LogP contribution < -0.4 is 16.0 Å². The van der Waals surface area contributed by atoms with Gasteiger partial charge in [-0.25, -0.2) is 4.79 Å². The Morgan fingerprint density at radius 1 is 1.19 bits per heavy atom. The number of carboxylic acids is 1. The summed E-state index contributed by atoms with van der Waals surface area (Å²) in [5, 5.41) is 16.3. The van der Waals surface area contributed by atoms with E-state index in [4.69, 9.17) is 16.7 Å². The predicted octanol–water partition coefficient (Wildman–Crippen LogP) is 0.728. The van der Waals surface area contributed by atoms with Gasteiger partial charge in [0, 0.05) is 11.6 Å². The summed E-state index contributed by atoms with van der Waals surface area (Å²) < 4.78 is 0. The summed E-state index contributed by atoms with van der Waals surface area (Å²) in [6.45, 7) is 1.32. The van der Waals surface area contributed by atoms with Crippen molar-refractivity contribution >= 4 is 29.5 Å². The van der Waals surface area contributed by atoms with Crippen molar-refractivity contribution in [1.29, 1.82) is 0 Å². The van der Waals surface area contributed by atoms with Gasteiger partial charge in [0.1, 0.15) is 6.04 Å². The Bertz CT molecular complexity index is 519. The molecule has 0 saturated carbocycles. The number of amides is 3. The minimum Gasteiger partial charge on any atom is -0.480 e. The Morgan fingerprint density at radius 3 is 2.38 bits per heavy atom. The predicted molar refractivity (Wildman–Crippen MR) is 76.9 cm³/mol. The summed E-state index contributed by atoms with van der Waals surface area (Å²) in [6, 6.07) is 5.42. The molecular weight excluding hydrogens is 298 g/mol. The standard InChI is InChI=1S/C13H16ClN3O4/c1-8(12(19)20)17-11(18)7-16-13(21)15-6-9-2-4-10(14)5-3-9/h2-5,8H,6-7H2,1H3,(H,17,18)(H,19,20)(H2,15,16,21)/t8-/m1/s1. The van der Waals surface area contributed by atoms with Gasteiger partial charge in [-0.15, -0.1) is 0 Å². The maximum Gasteiger partial charge on any atom is 0.325 e. The highest BCUT2D eigenvalue weighted by atomic mass is 35.5. The van der Waals surface area contributed by atoms with Crippen LogP contribution in [0.1, 0.15) is 12.5 Å². The molecule has 114 valence electrons. The van der Waals surface area contributed by atoms with Crippen LogP contribution in [0.25, 0.3) is 0 Å². The van der Waals surface area contributed by atoms with Crippen LogP contribution in [0.3, 0.4) is 0 Å². The van der Waals surface area contributed by atoms with Gasteiger partial charge >= 0.3 is 12.0 Å². The fraction of sp³-hybridized carbons (Fsp3) is 0.308. The number of hydrogen-bond acceptors (Lipinski definition) is 3. The lowest BCUT2D eigenvalue weighted by molar-refractivity contribution is -0.141. The lowest BCUT2D eigenvalue weighted by Gasteiger charge is -2.10. The van der Waals surface area contributed by atoms with Crippen LogP contribution in [0.5, 0.6) is 0 Å². The Labute approximate surface area is 126 Å². The number of carboxylic acid groups (broad SMARTS) is 1. The van der Waals surface area contributed by atoms with Crippen molar-refractivity contribution in [3.05, 3.63) is 34.9 Å². The second-order valence-electron chi connectivity index (χ2n) is 4.29. The van der Waals surface area contributed by atoms with Crippen LogP contribution in [0, 0.1) is 0 Å². The summed E-state index contributed by atoms with van der Waals surface area (Å²) in [5.74, 6) is -1.72. The third-order valence-corrected chi connectivity index (χ3v) is 2.78. The van der Waals surface area contributed by atoms with Crippen LogP contribution in [-0.2, 0) is 16.1 Å². The maximum absolute atomic E-state index is 11.5. The molecule has 1 aromatic rings. The molecule has 0 bridgehead atoms. The minimum absolute atomic E-state index is 0.288. The molecule has 1 rings (SSSR count). The third-order valence-electron chi connectivity index (χ3n) is 2.52. The average Bonchev–Trinajstić information content (AvgIpc) is 2.44. The number of carbonyl (C=O) groups excluding carboxylic acids is 2. The zero-order valence-electron chi connectivity index (χ0n) is 11.4. The topological polar surface area (TPSA) is 108 Å². The summed E-state index contributed by atoms with van der Waals surface area (Å²) in [4.78, 5) is 33.3. The van der Waals surface area contributed by atoms with Crippen molar-refractivity contribution in [2.75, 3.05) is 6.54 Å². The van der Waals surface area contributed by atoms with Crippen molar-refractivity contribution < 1.29 is 19.5 Å². The van der Waals surface area contributed by atoms with Gasteiger partial charge in [0.15, 0.2) is 0 Å². The molecule has 0 aromatic heterocycles. The Morgan fingerprint density at radius 2 is 1.81 bits per heavy atom. The van der Waals surface area contributed by atoms with Crippen molar-refractivity contribution in [1.82, 2.24) is 16.0 Å².